The molecule has 1 unspecified atom stereocenters. The lowest BCUT2D eigenvalue weighted by molar-refractivity contribution is -0.149. The number of aliphatic carboxylic acids is 1. The fourth-order valence-electron chi connectivity index (χ4n) is 1.50. The van der Waals surface area contributed by atoms with Crippen LogP contribution in [0.1, 0.15) is 26.7 Å². The summed E-state index contributed by atoms with van der Waals surface area (Å²) in [4.78, 5) is 23.6. The summed E-state index contributed by atoms with van der Waals surface area (Å²) in [7, 11) is 0. The van der Waals surface area contributed by atoms with E-state index in [0.717, 1.165) is 12.2 Å². The molecule has 0 aromatic rings. The van der Waals surface area contributed by atoms with Crippen LogP contribution in [0.3, 0.4) is 0 Å². The van der Waals surface area contributed by atoms with Gasteiger partial charge >= 0.3 is 5.97 Å². The number of hydrogen-bond acceptors (Lipinski definition) is 3. The standard InChI is InChI=1S/C10H19NO3S/c1-4-11(8(2)12)9(10(13)14)6-5-7-15-3/h9H,4-7H2,1-3H3,(H,13,14). The maximum absolute atomic E-state index is 11.2. The van der Waals surface area contributed by atoms with E-state index in [4.69, 9.17) is 5.11 Å². The summed E-state index contributed by atoms with van der Waals surface area (Å²) in [6.45, 7) is 3.66. The molecule has 4 nitrogen and oxygen atoms in total. The Balaban J connectivity index is 4.35. The Bertz CT molecular complexity index is 221. The van der Waals surface area contributed by atoms with Crippen molar-refractivity contribution in [2.75, 3.05) is 18.6 Å². The monoisotopic (exact) mass is 233 g/mol. The number of carbonyl (C=O) groups excluding carboxylic acids is 1. The number of thioether (sulfide) groups is 1. The Labute approximate surface area is 95.0 Å². The Morgan fingerprint density at radius 3 is 2.40 bits per heavy atom. The van der Waals surface area contributed by atoms with E-state index in [1.54, 1.807) is 18.7 Å². The van der Waals surface area contributed by atoms with Crippen LogP contribution in [-0.2, 0) is 9.59 Å². The van der Waals surface area contributed by atoms with Crippen molar-refractivity contribution in [2.45, 2.75) is 32.7 Å². The van der Waals surface area contributed by atoms with Crippen molar-refractivity contribution in [3.63, 3.8) is 0 Å². The number of rotatable bonds is 7. The zero-order valence-corrected chi connectivity index (χ0v) is 10.3. The van der Waals surface area contributed by atoms with E-state index < -0.39 is 12.0 Å². The molecule has 0 aliphatic heterocycles. The van der Waals surface area contributed by atoms with Crippen molar-refractivity contribution in [2.24, 2.45) is 0 Å². The number of carboxylic acids is 1. The minimum atomic E-state index is -0.909. The smallest absolute Gasteiger partial charge is 0.326 e. The zero-order valence-electron chi connectivity index (χ0n) is 9.52. The highest BCUT2D eigenvalue weighted by atomic mass is 32.2. The van der Waals surface area contributed by atoms with Gasteiger partial charge in [0.05, 0.1) is 0 Å². The third kappa shape index (κ3) is 5.06. The molecular weight excluding hydrogens is 214 g/mol. The number of nitrogens with zero attached hydrogens (tertiary/aromatic N) is 1. The highest BCUT2D eigenvalue weighted by Crippen LogP contribution is 2.10. The van der Waals surface area contributed by atoms with Crippen molar-refractivity contribution in [1.82, 2.24) is 4.90 Å². The Morgan fingerprint density at radius 1 is 1.47 bits per heavy atom. The van der Waals surface area contributed by atoms with Gasteiger partial charge in [-0.15, -0.1) is 0 Å². The summed E-state index contributed by atoms with van der Waals surface area (Å²) < 4.78 is 0. The van der Waals surface area contributed by atoms with Gasteiger partial charge in [-0.1, -0.05) is 0 Å². The van der Waals surface area contributed by atoms with E-state index in [1.165, 1.54) is 11.8 Å². The molecule has 0 saturated heterocycles. The molecule has 0 aromatic heterocycles. The lowest BCUT2D eigenvalue weighted by atomic mass is 10.1. The number of hydrogen-bond donors (Lipinski definition) is 1. The minimum absolute atomic E-state index is 0.172. The van der Waals surface area contributed by atoms with E-state index in [9.17, 15) is 9.59 Å². The van der Waals surface area contributed by atoms with E-state index in [2.05, 4.69) is 0 Å². The van der Waals surface area contributed by atoms with Crippen LogP contribution in [0.5, 0.6) is 0 Å². The Hall–Kier alpha value is -0.710. The van der Waals surface area contributed by atoms with Crippen LogP contribution in [-0.4, -0.2) is 46.5 Å². The normalized spacial score (nSPS) is 12.2. The Morgan fingerprint density at radius 2 is 2.07 bits per heavy atom. The average Bonchev–Trinajstić information content (AvgIpc) is 2.16. The molecule has 1 atom stereocenters. The van der Waals surface area contributed by atoms with Gasteiger partial charge in [0.15, 0.2) is 0 Å². The summed E-state index contributed by atoms with van der Waals surface area (Å²) in [6, 6.07) is -0.667. The van der Waals surface area contributed by atoms with E-state index >= 15 is 0 Å². The largest absolute Gasteiger partial charge is 0.480 e. The van der Waals surface area contributed by atoms with Gasteiger partial charge < -0.3 is 10.0 Å². The zero-order chi connectivity index (χ0) is 11.8. The lowest BCUT2D eigenvalue weighted by Gasteiger charge is -2.26. The second-order valence-electron chi connectivity index (χ2n) is 3.29. The highest BCUT2D eigenvalue weighted by molar-refractivity contribution is 7.98. The van der Waals surface area contributed by atoms with Gasteiger partial charge in [0.2, 0.25) is 5.91 Å². The highest BCUT2D eigenvalue weighted by Gasteiger charge is 2.25. The van der Waals surface area contributed by atoms with Gasteiger partial charge in [0.25, 0.3) is 0 Å². The van der Waals surface area contributed by atoms with Crippen LogP contribution in [0, 0.1) is 0 Å². The average molecular weight is 233 g/mol. The first kappa shape index (κ1) is 14.3. The quantitative estimate of drug-likeness (QED) is 0.676. The van der Waals surface area contributed by atoms with Crippen molar-refractivity contribution in [1.29, 1.82) is 0 Å². The minimum Gasteiger partial charge on any atom is -0.480 e. The van der Waals surface area contributed by atoms with Gasteiger partial charge in [-0.25, -0.2) is 4.79 Å². The predicted octanol–water partition coefficient (Wildman–Crippen LogP) is 1.45. The molecule has 0 fully saturated rings. The van der Waals surface area contributed by atoms with Crippen LogP contribution in [0.4, 0.5) is 0 Å². The molecule has 0 radical (unpaired) electrons. The van der Waals surface area contributed by atoms with Crippen molar-refractivity contribution < 1.29 is 14.7 Å². The van der Waals surface area contributed by atoms with Crippen LogP contribution >= 0.6 is 11.8 Å². The summed E-state index contributed by atoms with van der Waals surface area (Å²) in [5.74, 6) is -0.151. The molecular formula is C10H19NO3S. The summed E-state index contributed by atoms with van der Waals surface area (Å²) >= 11 is 1.69. The van der Waals surface area contributed by atoms with E-state index in [1.807, 2.05) is 6.26 Å². The van der Waals surface area contributed by atoms with Crippen LogP contribution in [0.2, 0.25) is 0 Å². The summed E-state index contributed by atoms with van der Waals surface area (Å²) in [5, 5.41) is 9.02. The second-order valence-corrected chi connectivity index (χ2v) is 4.28. The first-order chi connectivity index (χ1) is 7.04. The van der Waals surface area contributed by atoms with Gasteiger partial charge in [0.1, 0.15) is 6.04 Å². The lowest BCUT2D eigenvalue weighted by Crippen LogP contribution is -2.44. The molecule has 15 heavy (non-hydrogen) atoms. The topological polar surface area (TPSA) is 57.6 Å². The molecule has 1 N–H and O–H groups in total. The maximum Gasteiger partial charge on any atom is 0.326 e. The van der Waals surface area contributed by atoms with Crippen LogP contribution in [0.25, 0.3) is 0 Å². The maximum atomic E-state index is 11.2. The van der Waals surface area contributed by atoms with E-state index in [0.29, 0.717) is 13.0 Å². The molecule has 88 valence electrons. The molecule has 0 bridgehead atoms. The predicted molar refractivity (Wildman–Crippen MR) is 62.1 cm³/mol. The number of amides is 1. The van der Waals surface area contributed by atoms with Gasteiger partial charge in [-0.05, 0) is 31.8 Å². The summed E-state index contributed by atoms with van der Waals surface area (Å²) in [5.41, 5.74) is 0. The molecule has 0 aliphatic carbocycles. The van der Waals surface area contributed by atoms with Crippen LogP contribution in [0.15, 0.2) is 0 Å². The number of likely N-dealkylation sites (N-methyl/N-ethyl adjacent to an activating group) is 1. The SMILES string of the molecule is CCN(C(C)=O)C(CCCSC)C(=O)O. The molecule has 5 heteroatoms. The van der Waals surface area contributed by atoms with Gasteiger partial charge in [-0.2, -0.15) is 11.8 Å². The molecule has 0 rings (SSSR count). The molecule has 0 spiro atoms. The first-order valence-corrected chi connectivity index (χ1v) is 6.42. The third-order valence-electron chi connectivity index (χ3n) is 2.23. The molecule has 0 saturated carbocycles. The first-order valence-electron chi connectivity index (χ1n) is 5.03. The summed E-state index contributed by atoms with van der Waals surface area (Å²) in [6.07, 6.45) is 3.34. The van der Waals surface area contributed by atoms with Crippen molar-refractivity contribution >= 4 is 23.6 Å². The fourth-order valence-corrected chi connectivity index (χ4v) is 1.95. The molecule has 0 heterocycles. The van der Waals surface area contributed by atoms with Crippen molar-refractivity contribution in [3.8, 4) is 0 Å². The molecule has 1 amide bonds. The van der Waals surface area contributed by atoms with Crippen LogP contribution < -0.4 is 0 Å². The van der Waals surface area contributed by atoms with E-state index in [-0.39, 0.29) is 5.91 Å². The molecule has 0 aromatic carbocycles. The van der Waals surface area contributed by atoms with Gasteiger partial charge in [0, 0.05) is 13.5 Å². The number of carbonyl (C=O) groups is 2. The fraction of sp³-hybridized carbons (Fsp3) is 0.800. The molecule has 0 aliphatic rings. The third-order valence-corrected chi connectivity index (χ3v) is 2.93. The second kappa shape index (κ2) is 7.56. The van der Waals surface area contributed by atoms with Crippen molar-refractivity contribution in [3.05, 3.63) is 0 Å². The number of carboxylic acid groups (broad SMARTS) is 1. The Kier molecular flexibility index (Phi) is 7.21. The van der Waals surface area contributed by atoms with Gasteiger partial charge in [-0.3, -0.25) is 4.79 Å².